The molecule has 1 amide bonds. The zero-order valence-corrected chi connectivity index (χ0v) is 16.4. The fourth-order valence-corrected chi connectivity index (χ4v) is 2.89. The number of amides is 1. The molecule has 0 aliphatic carbocycles. The molecule has 138 valence electrons. The zero-order chi connectivity index (χ0) is 17.7. The van der Waals surface area contributed by atoms with Gasteiger partial charge in [0.2, 0.25) is 0 Å². The van der Waals surface area contributed by atoms with Gasteiger partial charge in [0.25, 0.3) is 5.91 Å². The van der Waals surface area contributed by atoms with Gasteiger partial charge in [0.05, 0.1) is 7.11 Å². The van der Waals surface area contributed by atoms with E-state index in [-0.39, 0.29) is 30.0 Å². The van der Waals surface area contributed by atoms with Crippen LogP contribution in [0.15, 0.2) is 18.2 Å². The number of nitrogens with two attached hydrogens (primary N) is 1. The summed E-state index contributed by atoms with van der Waals surface area (Å²) in [5.74, 6) is 0.648. The van der Waals surface area contributed by atoms with E-state index in [2.05, 4.69) is 39.9 Å². The molecule has 0 unspecified atom stereocenters. The van der Waals surface area contributed by atoms with Crippen LogP contribution in [0, 0.1) is 5.41 Å². The molecular weight excluding hydrogens is 328 g/mol. The summed E-state index contributed by atoms with van der Waals surface area (Å²) in [7, 11) is 1.58. The van der Waals surface area contributed by atoms with Gasteiger partial charge < -0.3 is 20.5 Å². The molecule has 5 nitrogen and oxygen atoms in total. The van der Waals surface area contributed by atoms with E-state index in [4.69, 9.17) is 15.2 Å². The maximum Gasteiger partial charge on any atom is 0.255 e. The predicted molar refractivity (Wildman–Crippen MR) is 99.9 cm³/mol. The summed E-state index contributed by atoms with van der Waals surface area (Å²) >= 11 is 0. The lowest BCUT2D eigenvalue weighted by atomic mass is 9.82. The Kier molecular flexibility index (Phi) is 8.58. The first-order valence-electron chi connectivity index (χ1n) is 7.86. The van der Waals surface area contributed by atoms with E-state index >= 15 is 0 Å². The zero-order valence-electron chi connectivity index (χ0n) is 15.6. The summed E-state index contributed by atoms with van der Waals surface area (Å²) in [5, 5.41) is 3.56. The van der Waals surface area contributed by atoms with E-state index in [1.165, 1.54) is 0 Å². The van der Waals surface area contributed by atoms with E-state index < -0.39 is 5.91 Å². The minimum Gasteiger partial charge on any atom is -0.493 e. The lowest BCUT2D eigenvalue weighted by molar-refractivity contribution is -0.119. The number of hydrogen-bond donors (Lipinski definition) is 2. The molecule has 0 radical (unpaired) electrons. The number of halogens is 1. The summed E-state index contributed by atoms with van der Waals surface area (Å²) < 4.78 is 10.9. The molecule has 0 bridgehead atoms. The Balaban J connectivity index is 0.00000529. The van der Waals surface area contributed by atoms with Crippen LogP contribution in [0.25, 0.3) is 0 Å². The summed E-state index contributed by atoms with van der Waals surface area (Å²) in [4.78, 5) is 11.0. The number of carbonyl (C=O) groups is 1. The van der Waals surface area contributed by atoms with Gasteiger partial charge in [-0.25, -0.2) is 0 Å². The number of rotatable bonds is 8. The first-order chi connectivity index (χ1) is 10.5. The molecule has 1 aromatic carbocycles. The first-order valence-corrected chi connectivity index (χ1v) is 7.86. The first kappa shape index (κ1) is 22.5. The van der Waals surface area contributed by atoms with Gasteiger partial charge in [-0.05, 0) is 31.7 Å². The molecule has 0 fully saturated rings. The predicted octanol–water partition coefficient (Wildman–Crippen LogP) is 3.29. The van der Waals surface area contributed by atoms with Crippen LogP contribution in [0.2, 0.25) is 0 Å². The van der Waals surface area contributed by atoms with Gasteiger partial charge >= 0.3 is 0 Å². The quantitative estimate of drug-likeness (QED) is 0.747. The van der Waals surface area contributed by atoms with Crippen molar-refractivity contribution in [3.63, 3.8) is 0 Å². The van der Waals surface area contributed by atoms with E-state index in [9.17, 15) is 4.79 Å². The minimum atomic E-state index is -0.511. The van der Waals surface area contributed by atoms with Crippen molar-refractivity contribution in [1.82, 2.24) is 5.32 Å². The van der Waals surface area contributed by atoms with Crippen molar-refractivity contribution in [3.05, 3.63) is 23.8 Å². The second-order valence-electron chi connectivity index (χ2n) is 7.68. The molecule has 0 saturated carbocycles. The summed E-state index contributed by atoms with van der Waals surface area (Å²) in [6, 6.07) is 5.67. The summed E-state index contributed by atoms with van der Waals surface area (Å²) in [5.41, 5.74) is 6.32. The highest BCUT2D eigenvalue weighted by Gasteiger charge is 2.25. The summed E-state index contributed by atoms with van der Waals surface area (Å²) in [6.45, 7) is 11.5. The maximum absolute atomic E-state index is 11.0. The number of hydrogen-bond acceptors (Lipinski definition) is 4. The van der Waals surface area contributed by atoms with Crippen LogP contribution in [0.4, 0.5) is 0 Å². The lowest BCUT2D eigenvalue weighted by Gasteiger charge is -2.33. The van der Waals surface area contributed by atoms with Gasteiger partial charge in [-0.15, -0.1) is 12.4 Å². The molecule has 0 atom stereocenters. The SMILES string of the molecule is COc1cccc(CNC(C)(C)CC(C)(C)C)c1OCC(N)=O.Cl. The average molecular weight is 359 g/mol. The molecule has 1 rings (SSSR count). The second-order valence-corrected chi connectivity index (χ2v) is 7.68. The molecule has 3 N–H and O–H groups in total. The molecule has 1 aromatic rings. The number of nitrogens with one attached hydrogen (secondary N) is 1. The average Bonchev–Trinajstić information content (AvgIpc) is 2.40. The fourth-order valence-electron chi connectivity index (χ4n) is 2.89. The van der Waals surface area contributed by atoms with Crippen LogP contribution in [0.5, 0.6) is 11.5 Å². The second kappa shape index (κ2) is 9.14. The monoisotopic (exact) mass is 358 g/mol. The smallest absolute Gasteiger partial charge is 0.255 e. The third kappa shape index (κ3) is 7.88. The largest absolute Gasteiger partial charge is 0.493 e. The van der Waals surface area contributed by atoms with Gasteiger partial charge in [0, 0.05) is 17.6 Å². The van der Waals surface area contributed by atoms with Crippen LogP contribution in [0.3, 0.4) is 0 Å². The van der Waals surface area contributed by atoms with Gasteiger partial charge in [0.1, 0.15) is 0 Å². The molecule has 0 heterocycles. The molecule has 0 saturated heterocycles. The molecule has 0 aliphatic rings. The Labute approximate surface area is 151 Å². The standard InChI is InChI=1S/C18H30N2O3.ClH/c1-17(2,3)12-18(4,5)20-10-13-8-7-9-14(22-6)16(13)23-11-15(19)21;/h7-9,20H,10-12H2,1-6H3,(H2,19,21);1H. The van der Waals surface area contributed by atoms with Crippen molar-refractivity contribution < 1.29 is 14.3 Å². The molecule has 0 aromatic heterocycles. The van der Waals surface area contributed by atoms with Gasteiger partial charge in [-0.3, -0.25) is 4.79 Å². The van der Waals surface area contributed by atoms with Crippen LogP contribution < -0.4 is 20.5 Å². The van der Waals surface area contributed by atoms with Crippen LogP contribution in [-0.4, -0.2) is 25.2 Å². The lowest BCUT2D eigenvalue weighted by Crippen LogP contribution is -2.41. The van der Waals surface area contributed by atoms with E-state index in [1.54, 1.807) is 13.2 Å². The third-order valence-corrected chi connectivity index (χ3v) is 3.37. The highest BCUT2D eigenvalue weighted by Crippen LogP contribution is 2.32. The van der Waals surface area contributed by atoms with E-state index in [0.29, 0.717) is 18.0 Å². The minimum absolute atomic E-state index is 0. The number of primary amides is 1. The molecule has 6 heteroatoms. The molecular formula is C18H31ClN2O3. The Morgan fingerprint density at radius 3 is 2.33 bits per heavy atom. The topological polar surface area (TPSA) is 73.6 Å². The van der Waals surface area contributed by atoms with Crippen molar-refractivity contribution in [2.45, 2.75) is 53.1 Å². The highest BCUT2D eigenvalue weighted by molar-refractivity contribution is 5.85. The van der Waals surface area contributed by atoms with Crippen molar-refractivity contribution in [2.24, 2.45) is 11.1 Å². The van der Waals surface area contributed by atoms with Crippen LogP contribution >= 0.6 is 12.4 Å². The van der Waals surface area contributed by atoms with Gasteiger partial charge in [-0.2, -0.15) is 0 Å². The van der Waals surface area contributed by atoms with Crippen molar-refractivity contribution >= 4 is 18.3 Å². The number of carbonyl (C=O) groups excluding carboxylic acids is 1. The Hall–Kier alpha value is -1.46. The highest BCUT2D eigenvalue weighted by atomic mass is 35.5. The van der Waals surface area contributed by atoms with Gasteiger partial charge in [0.15, 0.2) is 18.1 Å². The van der Waals surface area contributed by atoms with Crippen molar-refractivity contribution in [1.29, 1.82) is 0 Å². The van der Waals surface area contributed by atoms with Crippen LogP contribution in [0.1, 0.15) is 46.6 Å². The molecule has 24 heavy (non-hydrogen) atoms. The molecule has 0 aliphatic heterocycles. The number of para-hydroxylation sites is 1. The molecule has 0 spiro atoms. The Morgan fingerprint density at radius 1 is 1.21 bits per heavy atom. The Morgan fingerprint density at radius 2 is 1.83 bits per heavy atom. The van der Waals surface area contributed by atoms with Crippen LogP contribution in [-0.2, 0) is 11.3 Å². The Bertz CT molecular complexity index is 540. The van der Waals surface area contributed by atoms with E-state index in [0.717, 1.165) is 12.0 Å². The van der Waals surface area contributed by atoms with Crippen molar-refractivity contribution in [3.8, 4) is 11.5 Å². The fraction of sp³-hybridized carbons (Fsp3) is 0.611. The van der Waals surface area contributed by atoms with Gasteiger partial charge in [-0.1, -0.05) is 32.9 Å². The van der Waals surface area contributed by atoms with Crippen molar-refractivity contribution in [2.75, 3.05) is 13.7 Å². The van der Waals surface area contributed by atoms with E-state index in [1.807, 2.05) is 12.1 Å². The number of ether oxygens (including phenoxy) is 2. The summed E-state index contributed by atoms with van der Waals surface area (Å²) in [6.07, 6.45) is 1.03. The maximum atomic E-state index is 11.0. The third-order valence-electron chi connectivity index (χ3n) is 3.37. The number of methoxy groups -OCH3 is 1. The number of benzene rings is 1. The normalized spacial score (nSPS) is 11.6.